The average molecular weight is 451 g/mol. The van der Waals surface area contributed by atoms with E-state index in [2.05, 4.69) is 34.0 Å². The number of carbonyl (C=O) groups is 1. The fourth-order valence-electron chi connectivity index (χ4n) is 4.25. The van der Waals surface area contributed by atoms with Crippen LogP contribution in [-0.2, 0) is 21.4 Å². The molecule has 0 bridgehead atoms. The largest absolute Gasteiger partial charge is 0.349 e. The number of hydrogen-bond acceptors (Lipinski definition) is 4. The van der Waals surface area contributed by atoms with E-state index < -0.39 is 10.0 Å². The molecule has 2 aromatic rings. The van der Waals surface area contributed by atoms with Crippen LogP contribution in [0.3, 0.4) is 0 Å². The van der Waals surface area contributed by atoms with Gasteiger partial charge < -0.3 is 9.88 Å². The molecule has 1 amide bonds. The monoisotopic (exact) mass is 450 g/mol. The van der Waals surface area contributed by atoms with Crippen molar-refractivity contribution in [3.05, 3.63) is 47.2 Å². The van der Waals surface area contributed by atoms with Gasteiger partial charge in [0.1, 0.15) is 4.90 Å². The normalized spacial score (nSPS) is 20.7. The van der Waals surface area contributed by atoms with Gasteiger partial charge in [-0.1, -0.05) is 18.0 Å². The topological polar surface area (TPSA) is 74.6 Å². The number of benzene rings is 1. The Hall–Kier alpha value is -1.87. The van der Waals surface area contributed by atoms with Crippen molar-refractivity contribution in [1.82, 2.24) is 13.8 Å². The summed E-state index contributed by atoms with van der Waals surface area (Å²) < 4.78 is 29.7. The third-order valence-electron chi connectivity index (χ3n) is 5.96. The van der Waals surface area contributed by atoms with E-state index in [1.807, 2.05) is 6.07 Å². The Morgan fingerprint density at radius 2 is 1.90 bits per heavy atom. The third kappa shape index (κ3) is 4.27. The van der Waals surface area contributed by atoms with E-state index in [0.717, 1.165) is 32.4 Å². The van der Waals surface area contributed by atoms with Gasteiger partial charge in [-0.3, -0.25) is 9.69 Å². The summed E-state index contributed by atoms with van der Waals surface area (Å²) >= 11 is 6.22. The molecule has 4 rings (SSSR count). The molecule has 3 heterocycles. The second-order valence-corrected chi connectivity index (χ2v) is 10.2. The van der Waals surface area contributed by atoms with E-state index >= 15 is 0 Å². The minimum Gasteiger partial charge on any atom is -0.349 e. The molecule has 2 aliphatic heterocycles. The molecule has 2 aliphatic rings. The minimum absolute atomic E-state index is 0.0491. The van der Waals surface area contributed by atoms with Crippen LogP contribution in [0, 0.1) is 0 Å². The summed E-state index contributed by atoms with van der Waals surface area (Å²) in [6.45, 7) is 4.96. The molecular weight excluding hydrogens is 424 g/mol. The van der Waals surface area contributed by atoms with Gasteiger partial charge in [0.05, 0.1) is 11.6 Å². The van der Waals surface area contributed by atoms with Gasteiger partial charge in [-0.25, -0.2) is 8.42 Å². The first-order valence-corrected chi connectivity index (χ1v) is 12.2. The standard InChI is InChI=1S/C21H27ClN4O3S/c1-16-19-6-5-9-24(19)12-13-25(16)15-21(27)23-17-7-8-18(22)20(14-17)30(28,29)26-10-3-2-4-11-26/h5-9,14,16H,2-4,10-13,15H2,1H3,(H,23,27). The van der Waals surface area contributed by atoms with Crippen LogP contribution in [0.5, 0.6) is 0 Å². The predicted molar refractivity (Wildman–Crippen MR) is 117 cm³/mol. The Balaban J connectivity index is 1.46. The summed E-state index contributed by atoms with van der Waals surface area (Å²) in [5.74, 6) is -0.175. The van der Waals surface area contributed by atoms with E-state index in [1.54, 1.807) is 6.07 Å². The molecular formula is C21H27ClN4O3S. The summed E-state index contributed by atoms with van der Waals surface area (Å²) in [5, 5.41) is 3.01. The third-order valence-corrected chi connectivity index (χ3v) is 8.34. The number of amides is 1. The number of rotatable bonds is 5. The van der Waals surface area contributed by atoms with Crippen LogP contribution in [0.15, 0.2) is 41.4 Å². The van der Waals surface area contributed by atoms with Crippen LogP contribution >= 0.6 is 11.6 Å². The molecule has 0 aliphatic carbocycles. The zero-order valence-corrected chi connectivity index (χ0v) is 18.6. The average Bonchev–Trinajstić information content (AvgIpc) is 3.22. The molecule has 0 spiro atoms. The number of aromatic nitrogens is 1. The Labute approximate surface area is 182 Å². The summed E-state index contributed by atoms with van der Waals surface area (Å²) in [7, 11) is -3.68. The molecule has 1 unspecified atom stereocenters. The zero-order chi connectivity index (χ0) is 21.3. The number of carbonyl (C=O) groups excluding carboxylic acids is 1. The first kappa shape index (κ1) is 21.4. The van der Waals surface area contributed by atoms with Gasteiger partial charge in [0, 0.05) is 49.8 Å². The number of anilines is 1. The molecule has 0 radical (unpaired) electrons. The number of nitrogens with zero attached hydrogens (tertiary/aromatic N) is 3. The SMILES string of the molecule is CC1c2cccn2CCN1CC(=O)Nc1ccc(Cl)c(S(=O)(=O)N2CCCCC2)c1. The fraction of sp³-hybridized carbons (Fsp3) is 0.476. The van der Waals surface area contributed by atoms with Crippen molar-refractivity contribution in [2.75, 3.05) is 31.5 Å². The lowest BCUT2D eigenvalue weighted by Crippen LogP contribution is -2.41. The maximum atomic E-state index is 13.0. The van der Waals surface area contributed by atoms with E-state index in [4.69, 9.17) is 11.6 Å². The van der Waals surface area contributed by atoms with E-state index in [-0.39, 0.29) is 28.4 Å². The van der Waals surface area contributed by atoms with Crippen LogP contribution in [-0.4, -0.2) is 54.3 Å². The lowest BCUT2D eigenvalue weighted by atomic mass is 10.1. The van der Waals surface area contributed by atoms with Gasteiger partial charge in [-0.2, -0.15) is 4.31 Å². The molecule has 30 heavy (non-hydrogen) atoms. The van der Waals surface area contributed by atoms with Gasteiger partial charge >= 0.3 is 0 Å². The van der Waals surface area contributed by atoms with Crippen molar-refractivity contribution in [3.8, 4) is 0 Å². The van der Waals surface area contributed by atoms with Gasteiger partial charge in [-0.15, -0.1) is 0 Å². The Kier molecular flexibility index (Phi) is 6.20. The Morgan fingerprint density at radius 3 is 2.67 bits per heavy atom. The van der Waals surface area contributed by atoms with Gasteiger partial charge in [-0.05, 0) is 50.1 Å². The molecule has 0 saturated carbocycles. The number of piperidine rings is 1. The Bertz CT molecular complexity index is 1030. The fourth-order valence-corrected chi connectivity index (χ4v) is 6.27. The van der Waals surface area contributed by atoms with Gasteiger partial charge in [0.25, 0.3) is 0 Å². The zero-order valence-electron chi connectivity index (χ0n) is 17.1. The van der Waals surface area contributed by atoms with Gasteiger partial charge in [0.2, 0.25) is 15.9 Å². The summed E-state index contributed by atoms with van der Waals surface area (Å²) in [6, 6.07) is 8.87. The molecule has 162 valence electrons. The van der Waals surface area contributed by atoms with Crippen molar-refractivity contribution in [1.29, 1.82) is 0 Å². The molecule has 1 atom stereocenters. The minimum atomic E-state index is -3.68. The van der Waals surface area contributed by atoms with Gasteiger partial charge in [0.15, 0.2) is 0 Å². The number of nitrogens with one attached hydrogen (secondary N) is 1. The Morgan fingerprint density at radius 1 is 1.13 bits per heavy atom. The second kappa shape index (κ2) is 8.70. The first-order valence-electron chi connectivity index (χ1n) is 10.3. The quantitative estimate of drug-likeness (QED) is 0.758. The highest BCUT2D eigenvalue weighted by molar-refractivity contribution is 7.89. The van der Waals surface area contributed by atoms with Crippen molar-refractivity contribution >= 4 is 33.2 Å². The van der Waals surface area contributed by atoms with E-state index in [9.17, 15) is 13.2 Å². The van der Waals surface area contributed by atoms with Crippen molar-refractivity contribution in [2.24, 2.45) is 0 Å². The van der Waals surface area contributed by atoms with Crippen LogP contribution in [0.4, 0.5) is 5.69 Å². The number of halogens is 1. The maximum Gasteiger partial charge on any atom is 0.244 e. The highest BCUT2D eigenvalue weighted by Crippen LogP contribution is 2.30. The lowest BCUT2D eigenvalue weighted by molar-refractivity contribution is -0.118. The number of sulfonamides is 1. The molecule has 9 heteroatoms. The van der Waals surface area contributed by atoms with Crippen LogP contribution < -0.4 is 5.32 Å². The maximum absolute atomic E-state index is 13.0. The molecule has 1 aromatic heterocycles. The number of hydrogen-bond donors (Lipinski definition) is 1. The molecule has 7 nitrogen and oxygen atoms in total. The first-order chi connectivity index (χ1) is 14.4. The van der Waals surface area contributed by atoms with Crippen molar-refractivity contribution in [3.63, 3.8) is 0 Å². The summed E-state index contributed by atoms with van der Waals surface area (Å²) in [4.78, 5) is 14.8. The predicted octanol–water partition coefficient (Wildman–Crippen LogP) is 3.33. The number of fused-ring (bicyclic) bond motifs is 1. The van der Waals surface area contributed by atoms with Crippen LogP contribution in [0.25, 0.3) is 0 Å². The molecule has 1 fully saturated rings. The molecule has 1 aromatic carbocycles. The van der Waals surface area contributed by atoms with Crippen molar-refractivity contribution in [2.45, 2.75) is 43.7 Å². The lowest BCUT2D eigenvalue weighted by Gasteiger charge is -2.34. The second-order valence-electron chi connectivity index (χ2n) is 7.93. The highest BCUT2D eigenvalue weighted by Gasteiger charge is 2.29. The smallest absolute Gasteiger partial charge is 0.244 e. The van der Waals surface area contributed by atoms with Crippen LogP contribution in [0.2, 0.25) is 5.02 Å². The summed E-state index contributed by atoms with van der Waals surface area (Å²) in [6.07, 6.45) is 4.80. The highest BCUT2D eigenvalue weighted by atomic mass is 35.5. The van der Waals surface area contributed by atoms with Crippen LogP contribution in [0.1, 0.15) is 37.9 Å². The summed E-state index contributed by atoms with van der Waals surface area (Å²) in [5.41, 5.74) is 1.63. The molecule has 1 saturated heterocycles. The van der Waals surface area contributed by atoms with Crippen molar-refractivity contribution < 1.29 is 13.2 Å². The molecule has 1 N–H and O–H groups in total. The van der Waals surface area contributed by atoms with E-state index in [1.165, 1.54) is 22.1 Å². The van der Waals surface area contributed by atoms with E-state index in [0.29, 0.717) is 18.8 Å².